The van der Waals surface area contributed by atoms with Gasteiger partial charge in [0, 0.05) is 18.7 Å². The summed E-state index contributed by atoms with van der Waals surface area (Å²) in [5.74, 6) is 1.69. The molecule has 108 valence electrons. The average molecular weight is 282 g/mol. The van der Waals surface area contributed by atoms with Gasteiger partial charge in [0.15, 0.2) is 0 Å². The van der Waals surface area contributed by atoms with E-state index in [1.165, 1.54) is 0 Å². The lowest BCUT2D eigenvalue weighted by Gasteiger charge is -2.18. The first kappa shape index (κ1) is 13.6. The first-order chi connectivity index (χ1) is 10.2. The first-order valence-electron chi connectivity index (χ1n) is 7.06. The summed E-state index contributed by atoms with van der Waals surface area (Å²) in [6, 6.07) is 11.7. The lowest BCUT2D eigenvalue weighted by molar-refractivity contribution is -0.116. The molecule has 21 heavy (non-hydrogen) atoms. The number of aryl methyl sites for hydroxylation is 2. The van der Waals surface area contributed by atoms with Gasteiger partial charge in [-0.15, -0.1) is 0 Å². The van der Waals surface area contributed by atoms with Crippen LogP contribution in [0.15, 0.2) is 36.4 Å². The molecule has 0 atom stereocenters. The van der Waals surface area contributed by atoms with E-state index in [-0.39, 0.29) is 5.91 Å². The van der Waals surface area contributed by atoms with Crippen LogP contribution >= 0.6 is 0 Å². The predicted molar refractivity (Wildman–Crippen MR) is 82.5 cm³/mol. The van der Waals surface area contributed by atoms with E-state index in [2.05, 4.69) is 5.32 Å². The van der Waals surface area contributed by atoms with Crippen molar-refractivity contribution in [1.29, 1.82) is 0 Å². The molecule has 0 unspecified atom stereocenters. The second-order valence-corrected chi connectivity index (χ2v) is 5.27. The van der Waals surface area contributed by atoms with Crippen LogP contribution in [0, 0.1) is 6.92 Å². The van der Waals surface area contributed by atoms with Gasteiger partial charge in [0.2, 0.25) is 5.91 Å². The third-order valence-corrected chi connectivity index (χ3v) is 3.68. The first-order valence-corrected chi connectivity index (χ1v) is 7.06. The van der Waals surface area contributed by atoms with E-state index in [0.717, 1.165) is 40.3 Å². The summed E-state index contributed by atoms with van der Waals surface area (Å²) in [5, 5.41) is 2.87. The van der Waals surface area contributed by atoms with Crippen LogP contribution in [-0.2, 0) is 17.8 Å². The number of fused-ring (bicyclic) bond motifs is 1. The van der Waals surface area contributed by atoms with Crippen LogP contribution in [0.3, 0.4) is 0 Å². The van der Waals surface area contributed by atoms with Crippen molar-refractivity contribution in [2.75, 3.05) is 5.32 Å². The van der Waals surface area contributed by atoms with Crippen molar-refractivity contribution in [3.05, 3.63) is 53.1 Å². The Bertz CT molecular complexity index is 695. The van der Waals surface area contributed by atoms with Crippen molar-refractivity contribution in [2.24, 2.45) is 5.73 Å². The molecule has 1 aliphatic rings. The second kappa shape index (κ2) is 5.58. The zero-order valence-electron chi connectivity index (χ0n) is 12.0. The van der Waals surface area contributed by atoms with Crippen molar-refractivity contribution in [3.63, 3.8) is 0 Å². The Morgan fingerprint density at radius 3 is 2.81 bits per heavy atom. The molecule has 3 rings (SSSR count). The Balaban J connectivity index is 1.84. The highest BCUT2D eigenvalue weighted by molar-refractivity contribution is 5.94. The molecule has 0 spiro atoms. The van der Waals surface area contributed by atoms with E-state index in [4.69, 9.17) is 10.5 Å². The smallest absolute Gasteiger partial charge is 0.224 e. The molecule has 2 aromatic rings. The number of hydrogen-bond donors (Lipinski definition) is 2. The fourth-order valence-corrected chi connectivity index (χ4v) is 2.50. The molecule has 0 aromatic heterocycles. The van der Waals surface area contributed by atoms with Crippen LogP contribution in [0.25, 0.3) is 0 Å². The van der Waals surface area contributed by atoms with Crippen LogP contribution in [0.1, 0.15) is 23.1 Å². The normalized spacial score (nSPS) is 13.5. The molecule has 0 saturated carbocycles. The van der Waals surface area contributed by atoms with E-state index in [9.17, 15) is 4.79 Å². The molecule has 1 amide bonds. The van der Waals surface area contributed by atoms with Gasteiger partial charge in [-0.3, -0.25) is 4.79 Å². The highest BCUT2D eigenvalue weighted by Crippen LogP contribution is 2.31. The van der Waals surface area contributed by atoms with Crippen LogP contribution < -0.4 is 15.8 Å². The lowest BCUT2D eigenvalue weighted by atomic mass is 10.0. The van der Waals surface area contributed by atoms with Gasteiger partial charge in [0.1, 0.15) is 11.5 Å². The maximum Gasteiger partial charge on any atom is 0.224 e. The molecule has 1 heterocycles. The summed E-state index contributed by atoms with van der Waals surface area (Å²) in [6.07, 6.45) is 1.28. The number of anilines is 1. The third kappa shape index (κ3) is 2.90. The van der Waals surface area contributed by atoms with E-state index >= 15 is 0 Å². The van der Waals surface area contributed by atoms with E-state index in [1.54, 1.807) is 0 Å². The molecule has 0 fully saturated rings. The van der Waals surface area contributed by atoms with Crippen molar-refractivity contribution in [2.45, 2.75) is 26.3 Å². The number of rotatable bonds is 3. The quantitative estimate of drug-likeness (QED) is 0.909. The molecule has 4 nitrogen and oxygen atoms in total. The molecular formula is C17H18N2O2. The van der Waals surface area contributed by atoms with Gasteiger partial charge in [-0.25, -0.2) is 0 Å². The van der Waals surface area contributed by atoms with Gasteiger partial charge < -0.3 is 15.8 Å². The van der Waals surface area contributed by atoms with Gasteiger partial charge in [0.25, 0.3) is 0 Å². The Hall–Kier alpha value is -2.33. The van der Waals surface area contributed by atoms with Crippen LogP contribution in [0.2, 0.25) is 0 Å². The van der Waals surface area contributed by atoms with Gasteiger partial charge in [-0.2, -0.15) is 0 Å². The van der Waals surface area contributed by atoms with Gasteiger partial charge in [-0.05, 0) is 54.3 Å². The number of amides is 1. The topological polar surface area (TPSA) is 64.3 Å². The Kier molecular flexibility index (Phi) is 3.62. The molecule has 0 aliphatic carbocycles. The molecule has 0 saturated heterocycles. The van der Waals surface area contributed by atoms with Crippen LogP contribution in [0.5, 0.6) is 11.5 Å². The largest absolute Gasteiger partial charge is 0.457 e. The third-order valence-electron chi connectivity index (χ3n) is 3.68. The van der Waals surface area contributed by atoms with Crippen molar-refractivity contribution in [1.82, 2.24) is 0 Å². The fourth-order valence-electron chi connectivity index (χ4n) is 2.50. The minimum Gasteiger partial charge on any atom is -0.457 e. The van der Waals surface area contributed by atoms with Gasteiger partial charge >= 0.3 is 0 Å². The number of nitrogens with two attached hydrogens (primary N) is 1. The number of hydrogen-bond acceptors (Lipinski definition) is 3. The summed E-state index contributed by atoms with van der Waals surface area (Å²) in [7, 11) is 0. The standard InChI is InChI=1S/C17H18N2O2/c1-11-8-12(10-18)2-6-16(11)21-14-4-5-15-13(9-14)3-7-17(20)19-15/h2,4-6,8-9H,3,7,10,18H2,1H3,(H,19,20). The van der Waals surface area contributed by atoms with E-state index < -0.39 is 0 Å². The zero-order valence-corrected chi connectivity index (χ0v) is 12.0. The van der Waals surface area contributed by atoms with Crippen molar-refractivity contribution >= 4 is 11.6 Å². The predicted octanol–water partition coefficient (Wildman–Crippen LogP) is 3.13. The number of nitrogens with one attached hydrogen (secondary N) is 1. The van der Waals surface area contributed by atoms with Crippen LogP contribution in [0.4, 0.5) is 5.69 Å². The molecule has 1 aliphatic heterocycles. The molecule has 2 aromatic carbocycles. The molecule has 0 bridgehead atoms. The summed E-state index contributed by atoms with van der Waals surface area (Å²) in [4.78, 5) is 11.4. The number of benzene rings is 2. The minimum absolute atomic E-state index is 0.0735. The van der Waals surface area contributed by atoms with Crippen molar-refractivity contribution in [3.8, 4) is 11.5 Å². The van der Waals surface area contributed by atoms with Crippen LogP contribution in [-0.4, -0.2) is 5.91 Å². The summed E-state index contributed by atoms with van der Waals surface area (Å²) in [5.41, 5.74) is 9.78. The maximum atomic E-state index is 11.4. The molecule has 4 heteroatoms. The Morgan fingerprint density at radius 2 is 2.05 bits per heavy atom. The Morgan fingerprint density at radius 1 is 1.19 bits per heavy atom. The molecule has 3 N–H and O–H groups in total. The number of carbonyl (C=O) groups is 1. The lowest BCUT2D eigenvalue weighted by Crippen LogP contribution is -2.18. The SMILES string of the molecule is Cc1cc(CN)ccc1Oc1ccc2c(c1)CCC(=O)N2. The monoisotopic (exact) mass is 282 g/mol. The number of carbonyl (C=O) groups excluding carboxylic acids is 1. The van der Waals surface area contributed by atoms with Crippen molar-refractivity contribution < 1.29 is 9.53 Å². The highest BCUT2D eigenvalue weighted by atomic mass is 16.5. The van der Waals surface area contributed by atoms with E-state index in [1.807, 2.05) is 43.3 Å². The second-order valence-electron chi connectivity index (χ2n) is 5.27. The fraction of sp³-hybridized carbons (Fsp3) is 0.235. The Labute approximate surface area is 123 Å². The molecule has 0 radical (unpaired) electrons. The maximum absolute atomic E-state index is 11.4. The summed E-state index contributed by atoms with van der Waals surface area (Å²) >= 11 is 0. The summed E-state index contributed by atoms with van der Waals surface area (Å²) < 4.78 is 5.95. The van der Waals surface area contributed by atoms with Gasteiger partial charge in [-0.1, -0.05) is 12.1 Å². The highest BCUT2D eigenvalue weighted by Gasteiger charge is 2.15. The molecular weight excluding hydrogens is 264 g/mol. The average Bonchev–Trinajstić information content (AvgIpc) is 2.49. The van der Waals surface area contributed by atoms with Gasteiger partial charge in [0.05, 0.1) is 0 Å². The minimum atomic E-state index is 0.0735. The number of ether oxygens (including phenoxy) is 1. The zero-order chi connectivity index (χ0) is 14.8. The van der Waals surface area contributed by atoms with E-state index in [0.29, 0.717) is 13.0 Å². The summed E-state index contributed by atoms with van der Waals surface area (Å²) in [6.45, 7) is 2.53.